The summed E-state index contributed by atoms with van der Waals surface area (Å²) in [5.74, 6) is 2.64. The van der Waals surface area contributed by atoms with Crippen molar-refractivity contribution in [3.05, 3.63) is 53.6 Å². The van der Waals surface area contributed by atoms with Crippen molar-refractivity contribution >= 4 is 11.9 Å². The summed E-state index contributed by atoms with van der Waals surface area (Å²) >= 11 is 0. The highest BCUT2D eigenvalue weighted by Crippen LogP contribution is 2.08. The average Bonchev–Trinajstić information content (AvgIpc) is 2.24. The summed E-state index contributed by atoms with van der Waals surface area (Å²) in [4.78, 5) is 10.6. The zero-order chi connectivity index (χ0) is 11.1. The lowest BCUT2D eigenvalue weighted by molar-refractivity contribution is -0.112. The molecule has 0 aliphatic heterocycles. The van der Waals surface area contributed by atoms with Crippen LogP contribution in [0.2, 0.25) is 0 Å². The molecule has 15 heavy (non-hydrogen) atoms. The number of ketones is 1. The van der Waals surface area contributed by atoms with Crippen LogP contribution < -0.4 is 0 Å². The minimum absolute atomic E-state index is 0.0323. The quantitative estimate of drug-likeness (QED) is 0.413. The second-order valence-corrected chi connectivity index (χ2v) is 3.06. The van der Waals surface area contributed by atoms with Crippen LogP contribution in [0.3, 0.4) is 0 Å². The van der Waals surface area contributed by atoms with Crippen molar-refractivity contribution in [3.63, 3.8) is 0 Å². The van der Waals surface area contributed by atoms with Gasteiger partial charge in [0.15, 0.2) is 5.78 Å². The molecule has 0 bridgehead atoms. The molecule has 0 aliphatic carbocycles. The molecule has 0 aliphatic rings. The van der Waals surface area contributed by atoms with Gasteiger partial charge < -0.3 is 0 Å². The summed E-state index contributed by atoms with van der Waals surface area (Å²) in [5.41, 5.74) is 1.83. The monoisotopic (exact) mass is 196 g/mol. The summed E-state index contributed by atoms with van der Waals surface area (Å²) < 4.78 is 0. The number of hydrogen-bond acceptors (Lipinski definition) is 1. The Bertz CT molecular complexity index is 445. The Labute approximate surface area is 90.1 Å². The van der Waals surface area contributed by atoms with Gasteiger partial charge in [0.05, 0.1) is 0 Å². The van der Waals surface area contributed by atoms with Crippen LogP contribution in [-0.4, -0.2) is 5.78 Å². The topological polar surface area (TPSA) is 17.1 Å². The highest BCUT2D eigenvalue weighted by atomic mass is 16.1. The largest absolute Gasteiger partial charge is 0.295 e. The second-order valence-electron chi connectivity index (χ2n) is 3.06. The van der Waals surface area contributed by atoms with E-state index in [2.05, 4.69) is 5.92 Å². The third kappa shape index (κ3) is 3.66. The lowest BCUT2D eigenvalue weighted by Gasteiger charge is -1.95. The molecule has 0 heterocycles. The van der Waals surface area contributed by atoms with E-state index in [9.17, 15) is 4.79 Å². The van der Waals surface area contributed by atoms with E-state index < -0.39 is 0 Å². The van der Waals surface area contributed by atoms with Gasteiger partial charge in [0, 0.05) is 5.56 Å². The molecule has 0 spiro atoms. The molecule has 74 valence electrons. The molecule has 1 rings (SSSR count). The van der Waals surface area contributed by atoms with Gasteiger partial charge in [-0.1, -0.05) is 42.3 Å². The van der Waals surface area contributed by atoms with E-state index in [0.29, 0.717) is 0 Å². The number of terminal acetylenes is 1. The molecule has 0 saturated carbocycles. The number of allylic oxidation sites excluding steroid dienone is 3. The van der Waals surface area contributed by atoms with Gasteiger partial charge in [-0.15, -0.1) is 6.42 Å². The van der Waals surface area contributed by atoms with Crippen molar-refractivity contribution in [2.24, 2.45) is 0 Å². The van der Waals surface area contributed by atoms with Gasteiger partial charge in [-0.25, -0.2) is 0 Å². The molecule has 0 fully saturated rings. The van der Waals surface area contributed by atoms with Crippen LogP contribution in [0.4, 0.5) is 0 Å². The van der Waals surface area contributed by atoms with E-state index in [0.717, 1.165) is 11.1 Å². The van der Waals surface area contributed by atoms with Gasteiger partial charge >= 0.3 is 0 Å². The highest BCUT2D eigenvalue weighted by Gasteiger charge is 1.91. The van der Waals surface area contributed by atoms with Gasteiger partial charge in [-0.3, -0.25) is 4.79 Å². The van der Waals surface area contributed by atoms with E-state index in [1.807, 2.05) is 30.3 Å². The molecule has 0 radical (unpaired) electrons. The maximum atomic E-state index is 10.6. The van der Waals surface area contributed by atoms with Crippen molar-refractivity contribution < 1.29 is 4.79 Å². The third-order valence-electron chi connectivity index (χ3n) is 1.83. The molecule has 1 aromatic carbocycles. The van der Waals surface area contributed by atoms with Gasteiger partial charge in [0.2, 0.25) is 0 Å². The van der Waals surface area contributed by atoms with Gasteiger partial charge in [0.25, 0.3) is 0 Å². The van der Waals surface area contributed by atoms with Gasteiger partial charge in [0.1, 0.15) is 0 Å². The second kappa shape index (κ2) is 5.62. The predicted molar refractivity (Wildman–Crippen MR) is 63.2 cm³/mol. The first-order chi connectivity index (χ1) is 7.24. The van der Waals surface area contributed by atoms with E-state index in [-0.39, 0.29) is 5.78 Å². The SMILES string of the molecule is C#Cc1ccccc1/C=C/C=C/C(C)=O. The lowest BCUT2D eigenvalue weighted by Crippen LogP contribution is -1.80. The lowest BCUT2D eigenvalue weighted by atomic mass is 10.1. The molecule has 0 N–H and O–H groups in total. The number of benzene rings is 1. The standard InChI is InChI=1S/C14H12O/c1-3-13-9-6-7-11-14(13)10-5-4-8-12(2)15/h1,4-11H,2H3/b8-4+,10-5+. The Balaban J connectivity index is 2.81. The predicted octanol–water partition coefficient (Wildman–Crippen LogP) is 2.83. The summed E-state index contributed by atoms with van der Waals surface area (Å²) in [5, 5.41) is 0. The normalized spacial score (nSPS) is 10.7. The summed E-state index contributed by atoms with van der Waals surface area (Å²) in [6, 6.07) is 7.65. The highest BCUT2D eigenvalue weighted by molar-refractivity contribution is 5.87. The van der Waals surface area contributed by atoms with Crippen LogP contribution in [0, 0.1) is 12.3 Å². The molecular formula is C14H12O. The zero-order valence-electron chi connectivity index (χ0n) is 8.60. The fraction of sp³-hybridized carbons (Fsp3) is 0.0714. The Morgan fingerprint density at radius 3 is 2.73 bits per heavy atom. The van der Waals surface area contributed by atoms with E-state index in [4.69, 9.17) is 6.42 Å². The van der Waals surface area contributed by atoms with Crippen LogP contribution in [0.25, 0.3) is 6.08 Å². The molecule has 1 aromatic rings. The molecule has 1 nitrogen and oxygen atoms in total. The van der Waals surface area contributed by atoms with Crippen molar-refractivity contribution in [1.29, 1.82) is 0 Å². The average molecular weight is 196 g/mol. The Morgan fingerprint density at radius 1 is 1.33 bits per heavy atom. The van der Waals surface area contributed by atoms with Crippen molar-refractivity contribution in [2.75, 3.05) is 0 Å². The van der Waals surface area contributed by atoms with Gasteiger partial charge in [-0.05, 0) is 24.6 Å². The van der Waals surface area contributed by atoms with E-state index in [1.54, 1.807) is 12.2 Å². The van der Waals surface area contributed by atoms with Crippen LogP contribution >= 0.6 is 0 Å². The van der Waals surface area contributed by atoms with Crippen LogP contribution in [0.1, 0.15) is 18.1 Å². The number of carbonyl (C=O) groups excluding carboxylic acids is 1. The molecule has 1 heteroatoms. The minimum atomic E-state index is 0.0323. The fourth-order valence-electron chi connectivity index (χ4n) is 1.12. The molecule has 0 aromatic heterocycles. The summed E-state index contributed by atoms with van der Waals surface area (Å²) in [7, 11) is 0. The number of carbonyl (C=O) groups is 1. The minimum Gasteiger partial charge on any atom is -0.295 e. The van der Waals surface area contributed by atoms with Gasteiger partial charge in [-0.2, -0.15) is 0 Å². The maximum absolute atomic E-state index is 10.6. The molecular weight excluding hydrogens is 184 g/mol. The van der Waals surface area contributed by atoms with Crippen LogP contribution in [0.5, 0.6) is 0 Å². The van der Waals surface area contributed by atoms with E-state index in [1.165, 1.54) is 13.0 Å². The Morgan fingerprint density at radius 2 is 2.07 bits per heavy atom. The first kappa shape index (κ1) is 11.0. The molecule has 0 atom stereocenters. The van der Waals surface area contributed by atoms with Crippen LogP contribution in [0.15, 0.2) is 42.5 Å². The Hall–Kier alpha value is -2.07. The maximum Gasteiger partial charge on any atom is 0.152 e. The first-order valence-corrected chi connectivity index (χ1v) is 4.65. The van der Waals surface area contributed by atoms with Crippen molar-refractivity contribution in [1.82, 2.24) is 0 Å². The number of hydrogen-bond donors (Lipinski definition) is 0. The Kier molecular flexibility index (Phi) is 4.12. The van der Waals surface area contributed by atoms with Crippen LogP contribution in [-0.2, 0) is 4.79 Å². The molecule has 0 unspecified atom stereocenters. The number of rotatable bonds is 3. The van der Waals surface area contributed by atoms with Crippen molar-refractivity contribution in [2.45, 2.75) is 6.92 Å². The first-order valence-electron chi connectivity index (χ1n) is 4.65. The zero-order valence-corrected chi connectivity index (χ0v) is 8.60. The third-order valence-corrected chi connectivity index (χ3v) is 1.83. The molecule has 0 saturated heterocycles. The fourth-order valence-corrected chi connectivity index (χ4v) is 1.12. The van der Waals surface area contributed by atoms with E-state index >= 15 is 0 Å². The summed E-state index contributed by atoms with van der Waals surface area (Å²) in [6.07, 6.45) is 12.2. The summed E-state index contributed by atoms with van der Waals surface area (Å²) in [6.45, 7) is 1.51. The van der Waals surface area contributed by atoms with Crippen molar-refractivity contribution in [3.8, 4) is 12.3 Å². The molecule has 0 amide bonds. The smallest absolute Gasteiger partial charge is 0.152 e.